The number of nitrogens with zero attached hydrogens (tertiary/aromatic N) is 1. The van der Waals surface area contributed by atoms with Gasteiger partial charge in [0.15, 0.2) is 0 Å². The molecule has 0 amide bonds. The highest BCUT2D eigenvalue weighted by Crippen LogP contribution is 2.34. The van der Waals surface area contributed by atoms with Crippen LogP contribution < -0.4 is 5.32 Å². The van der Waals surface area contributed by atoms with E-state index in [-0.39, 0.29) is 17.6 Å². The van der Waals surface area contributed by atoms with Crippen molar-refractivity contribution in [3.63, 3.8) is 0 Å². The zero-order valence-corrected chi connectivity index (χ0v) is 11.7. The molecule has 1 aliphatic heterocycles. The number of nitrogens with one attached hydrogen (secondary N) is 1. The molecule has 1 saturated heterocycles. The second-order valence-electron chi connectivity index (χ2n) is 5.92. The molecule has 2 rings (SSSR count). The molecule has 1 saturated carbocycles. The van der Waals surface area contributed by atoms with Crippen LogP contribution in [0.4, 0.5) is 0 Å². The fourth-order valence-corrected chi connectivity index (χ4v) is 3.29. The molecule has 2 fully saturated rings. The van der Waals surface area contributed by atoms with Gasteiger partial charge in [-0.3, -0.25) is 9.69 Å². The molecule has 0 unspecified atom stereocenters. The van der Waals surface area contributed by atoms with Gasteiger partial charge in [-0.25, -0.2) is 0 Å². The van der Waals surface area contributed by atoms with Gasteiger partial charge < -0.3 is 10.1 Å². The van der Waals surface area contributed by atoms with Crippen molar-refractivity contribution >= 4 is 5.97 Å². The lowest BCUT2D eigenvalue weighted by molar-refractivity contribution is -0.151. The van der Waals surface area contributed by atoms with Gasteiger partial charge in [0.25, 0.3) is 0 Å². The van der Waals surface area contributed by atoms with E-state index in [0.29, 0.717) is 6.54 Å². The molecular formula is C14H26N2O2. The Labute approximate surface area is 110 Å². The number of rotatable bonds is 3. The minimum atomic E-state index is -0.0724. The van der Waals surface area contributed by atoms with Crippen molar-refractivity contribution in [1.82, 2.24) is 10.2 Å². The van der Waals surface area contributed by atoms with Gasteiger partial charge in [0.2, 0.25) is 0 Å². The van der Waals surface area contributed by atoms with E-state index in [1.807, 2.05) is 13.8 Å². The summed E-state index contributed by atoms with van der Waals surface area (Å²) >= 11 is 0. The molecule has 4 heteroatoms. The highest BCUT2D eigenvalue weighted by atomic mass is 16.5. The van der Waals surface area contributed by atoms with Crippen LogP contribution in [0, 0.1) is 0 Å². The molecule has 1 heterocycles. The summed E-state index contributed by atoms with van der Waals surface area (Å²) in [5, 5.41) is 3.50. The average Bonchev–Trinajstić information content (AvgIpc) is 2.32. The highest BCUT2D eigenvalue weighted by Gasteiger charge is 2.40. The Morgan fingerprint density at radius 3 is 2.72 bits per heavy atom. The number of carbonyl (C=O) groups excluding carboxylic acids is 1. The first-order valence-corrected chi connectivity index (χ1v) is 7.28. The summed E-state index contributed by atoms with van der Waals surface area (Å²) < 4.78 is 5.29. The van der Waals surface area contributed by atoms with Gasteiger partial charge >= 0.3 is 5.97 Å². The van der Waals surface area contributed by atoms with Crippen LogP contribution >= 0.6 is 0 Å². The van der Waals surface area contributed by atoms with Crippen molar-refractivity contribution < 1.29 is 9.53 Å². The largest absolute Gasteiger partial charge is 0.462 e. The molecule has 1 aliphatic carbocycles. The summed E-state index contributed by atoms with van der Waals surface area (Å²) in [6.07, 6.45) is 6.34. The van der Waals surface area contributed by atoms with Gasteiger partial charge in [-0.05, 0) is 26.7 Å². The monoisotopic (exact) mass is 254 g/mol. The molecule has 0 aromatic heterocycles. The van der Waals surface area contributed by atoms with Crippen LogP contribution in [0.2, 0.25) is 0 Å². The second kappa shape index (κ2) is 6.02. The van der Waals surface area contributed by atoms with E-state index >= 15 is 0 Å². The minimum Gasteiger partial charge on any atom is -0.462 e. The van der Waals surface area contributed by atoms with Crippen molar-refractivity contribution in [3.8, 4) is 0 Å². The summed E-state index contributed by atoms with van der Waals surface area (Å²) in [5.74, 6) is -0.0724. The molecule has 1 spiro atoms. The summed E-state index contributed by atoms with van der Waals surface area (Å²) in [7, 11) is 0. The summed E-state index contributed by atoms with van der Waals surface area (Å²) in [4.78, 5) is 14.2. The van der Waals surface area contributed by atoms with Crippen LogP contribution in [-0.4, -0.2) is 48.7 Å². The molecule has 0 bridgehead atoms. The second-order valence-corrected chi connectivity index (χ2v) is 5.92. The lowest BCUT2D eigenvalue weighted by Crippen LogP contribution is -2.63. The molecule has 2 aliphatic rings. The van der Waals surface area contributed by atoms with Gasteiger partial charge in [0.05, 0.1) is 12.6 Å². The SMILES string of the molecule is CC(C)OC(=O)CN1CCNCC12CCCCC2. The van der Waals surface area contributed by atoms with Crippen molar-refractivity contribution in [1.29, 1.82) is 0 Å². The van der Waals surface area contributed by atoms with Crippen LogP contribution in [0.3, 0.4) is 0 Å². The lowest BCUT2D eigenvalue weighted by Gasteiger charge is -2.49. The predicted octanol–water partition coefficient (Wildman–Crippen LogP) is 1.55. The fraction of sp³-hybridized carbons (Fsp3) is 0.929. The number of ether oxygens (including phenoxy) is 1. The third-order valence-electron chi connectivity index (χ3n) is 4.15. The Kier molecular flexibility index (Phi) is 4.62. The van der Waals surface area contributed by atoms with Gasteiger partial charge in [-0.2, -0.15) is 0 Å². The molecule has 104 valence electrons. The summed E-state index contributed by atoms with van der Waals surface area (Å²) in [6.45, 7) is 7.25. The van der Waals surface area contributed by atoms with E-state index in [9.17, 15) is 4.79 Å². The number of esters is 1. The van der Waals surface area contributed by atoms with Crippen molar-refractivity contribution in [2.24, 2.45) is 0 Å². The van der Waals surface area contributed by atoms with Crippen LogP contribution in [0.5, 0.6) is 0 Å². The van der Waals surface area contributed by atoms with E-state index in [1.54, 1.807) is 0 Å². The Morgan fingerprint density at radius 2 is 2.06 bits per heavy atom. The predicted molar refractivity (Wildman–Crippen MR) is 71.5 cm³/mol. The van der Waals surface area contributed by atoms with Gasteiger partial charge in [-0.1, -0.05) is 19.3 Å². The zero-order valence-electron chi connectivity index (χ0n) is 11.7. The van der Waals surface area contributed by atoms with Crippen molar-refractivity contribution in [2.75, 3.05) is 26.2 Å². The Hall–Kier alpha value is -0.610. The fourth-order valence-electron chi connectivity index (χ4n) is 3.29. The number of hydrogen-bond donors (Lipinski definition) is 1. The maximum atomic E-state index is 11.9. The van der Waals surface area contributed by atoms with Crippen molar-refractivity contribution in [2.45, 2.75) is 57.6 Å². The first-order chi connectivity index (χ1) is 8.62. The van der Waals surface area contributed by atoms with Gasteiger partial charge in [-0.15, -0.1) is 0 Å². The average molecular weight is 254 g/mol. The van der Waals surface area contributed by atoms with E-state index in [2.05, 4.69) is 10.2 Å². The molecule has 1 N–H and O–H groups in total. The minimum absolute atomic E-state index is 0.0114. The molecule has 0 radical (unpaired) electrons. The van der Waals surface area contributed by atoms with E-state index in [1.165, 1.54) is 32.1 Å². The third-order valence-corrected chi connectivity index (χ3v) is 4.15. The molecule has 0 atom stereocenters. The standard InChI is InChI=1S/C14H26N2O2/c1-12(2)18-13(17)10-16-9-8-15-11-14(16)6-4-3-5-7-14/h12,15H,3-11H2,1-2H3. The summed E-state index contributed by atoms with van der Waals surface area (Å²) in [6, 6.07) is 0. The van der Waals surface area contributed by atoms with Crippen LogP contribution in [-0.2, 0) is 9.53 Å². The Morgan fingerprint density at radius 1 is 1.33 bits per heavy atom. The lowest BCUT2D eigenvalue weighted by atomic mass is 9.79. The van der Waals surface area contributed by atoms with E-state index < -0.39 is 0 Å². The first kappa shape index (κ1) is 13.8. The number of hydrogen-bond acceptors (Lipinski definition) is 4. The smallest absolute Gasteiger partial charge is 0.320 e. The van der Waals surface area contributed by atoms with Gasteiger partial charge in [0, 0.05) is 25.2 Å². The van der Waals surface area contributed by atoms with E-state index in [0.717, 1.165) is 19.6 Å². The zero-order chi connectivity index (χ0) is 13.0. The normalized spacial score (nSPS) is 24.4. The molecule has 0 aromatic carbocycles. The topological polar surface area (TPSA) is 41.6 Å². The highest BCUT2D eigenvalue weighted by molar-refractivity contribution is 5.72. The quantitative estimate of drug-likeness (QED) is 0.776. The summed E-state index contributed by atoms with van der Waals surface area (Å²) in [5.41, 5.74) is 0.215. The molecule has 18 heavy (non-hydrogen) atoms. The Balaban J connectivity index is 1.97. The van der Waals surface area contributed by atoms with Crippen LogP contribution in [0.25, 0.3) is 0 Å². The molecule has 4 nitrogen and oxygen atoms in total. The van der Waals surface area contributed by atoms with Gasteiger partial charge in [0.1, 0.15) is 0 Å². The van der Waals surface area contributed by atoms with Crippen LogP contribution in [0.1, 0.15) is 46.0 Å². The first-order valence-electron chi connectivity index (χ1n) is 7.28. The molecule has 0 aromatic rings. The maximum absolute atomic E-state index is 11.9. The van der Waals surface area contributed by atoms with E-state index in [4.69, 9.17) is 4.74 Å². The number of piperazine rings is 1. The van der Waals surface area contributed by atoms with Crippen LogP contribution in [0.15, 0.2) is 0 Å². The molecular weight excluding hydrogens is 228 g/mol. The number of carbonyl (C=O) groups is 1. The Bertz CT molecular complexity index is 277. The maximum Gasteiger partial charge on any atom is 0.320 e. The van der Waals surface area contributed by atoms with Crippen molar-refractivity contribution in [3.05, 3.63) is 0 Å². The third kappa shape index (κ3) is 3.23.